The Bertz CT molecular complexity index is 935. The average molecular weight is 382 g/mol. The van der Waals surface area contributed by atoms with Crippen LogP contribution < -0.4 is 0 Å². The Balaban J connectivity index is 2.27. The maximum Gasteiger partial charge on any atom is 0.340 e. The highest BCUT2D eigenvalue weighted by molar-refractivity contribution is 6.30. The van der Waals surface area contributed by atoms with Crippen LogP contribution in [0.1, 0.15) is 42.4 Å². The van der Waals surface area contributed by atoms with E-state index in [0.29, 0.717) is 17.1 Å². The zero-order valence-electron chi connectivity index (χ0n) is 16.1. The molecule has 0 aliphatic carbocycles. The summed E-state index contributed by atoms with van der Waals surface area (Å²) < 4.78 is 7.29. The van der Waals surface area contributed by atoms with Crippen LogP contribution in [0.5, 0.6) is 0 Å². The molecule has 0 saturated carbocycles. The maximum absolute atomic E-state index is 12.6. The summed E-state index contributed by atoms with van der Waals surface area (Å²) in [5.41, 5.74) is 4.48. The first kappa shape index (κ1) is 19.2. The van der Waals surface area contributed by atoms with E-state index in [2.05, 4.69) is 37.5 Å². The van der Waals surface area contributed by atoms with Crippen molar-refractivity contribution in [2.45, 2.75) is 32.7 Å². The third-order valence-corrected chi connectivity index (χ3v) is 4.82. The fraction of sp³-hybridized carbons (Fsp3) is 0.261. The molecule has 0 atom stereocenters. The number of ether oxygens (including phenoxy) is 1. The summed E-state index contributed by atoms with van der Waals surface area (Å²) in [4.78, 5) is 12.6. The maximum atomic E-state index is 12.6. The van der Waals surface area contributed by atoms with Gasteiger partial charge < -0.3 is 9.30 Å². The van der Waals surface area contributed by atoms with Crippen LogP contribution in [0.15, 0.2) is 60.7 Å². The molecule has 140 valence electrons. The third-order valence-electron chi connectivity index (χ3n) is 4.57. The van der Waals surface area contributed by atoms with Crippen molar-refractivity contribution < 1.29 is 9.53 Å². The number of hydrogen-bond donors (Lipinski definition) is 0. The van der Waals surface area contributed by atoms with Crippen molar-refractivity contribution in [1.82, 2.24) is 4.57 Å². The lowest BCUT2D eigenvalue weighted by molar-refractivity contribution is 0.0601. The number of benzene rings is 2. The summed E-state index contributed by atoms with van der Waals surface area (Å²) in [5.74, 6) is -0.336. The van der Waals surface area contributed by atoms with Gasteiger partial charge in [-0.15, -0.1) is 0 Å². The molecule has 0 aliphatic rings. The smallest absolute Gasteiger partial charge is 0.340 e. The summed E-state index contributed by atoms with van der Waals surface area (Å²) in [6.07, 6.45) is 0. The van der Waals surface area contributed by atoms with E-state index in [1.165, 1.54) is 12.7 Å². The van der Waals surface area contributed by atoms with Gasteiger partial charge in [0, 0.05) is 22.7 Å². The minimum atomic E-state index is -0.336. The summed E-state index contributed by atoms with van der Waals surface area (Å²) in [6, 6.07) is 19.8. The number of nitrogens with zero attached hydrogens (tertiary/aromatic N) is 1. The van der Waals surface area contributed by atoms with Gasteiger partial charge in [0.2, 0.25) is 0 Å². The molecule has 0 fully saturated rings. The largest absolute Gasteiger partial charge is 0.465 e. The van der Waals surface area contributed by atoms with Crippen LogP contribution >= 0.6 is 11.6 Å². The van der Waals surface area contributed by atoms with E-state index in [-0.39, 0.29) is 11.4 Å². The summed E-state index contributed by atoms with van der Waals surface area (Å²) >= 11 is 6.08. The summed E-state index contributed by atoms with van der Waals surface area (Å²) in [5, 5.41) is 0.663. The first-order valence-electron chi connectivity index (χ1n) is 8.93. The van der Waals surface area contributed by atoms with Crippen molar-refractivity contribution in [3.63, 3.8) is 0 Å². The predicted octanol–water partition coefficient (Wildman–Crippen LogP) is 5.94. The number of esters is 1. The zero-order chi connectivity index (χ0) is 19.6. The van der Waals surface area contributed by atoms with Crippen molar-refractivity contribution in [3.05, 3.63) is 82.5 Å². The Morgan fingerprint density at radius 1 is 1.04 bits per heavy atom. The van der Waals surface area contributed by atoms with Gasteiger partial charge in [0.25, 0.3) is 0 Å². The molecule has 27 heavy (non-hydrogen) atoms. The van der Waals surface area contributed by atoms with Gasteiger partial charge in [-0.3, -0.25) is 0 Å². The highest BCUT2D eigenvalue weighted by Gasteiger charge is 2.28. The highest BCUT2D eigenvalue weighted by atomic mass is 35.5. The second-order valence-corrected chi connectivity index (χ2v) is 8.05. The Morgan fingerprint density at radius 2 is 1.67 bits per heavy atom. The molecule has 0 spiro atoms. The van der Waals surface area contributed by atoms with Crippen molar-refractivity contribution in [2.75, 3.05) is 7.11 Å². The fourth-order valence-electron chi connectivity index (χ4n) is 3.29. The quantitative estimate of drug-likeness (QED) is 0.523. The standard InChI is InChI=1S/C23H24ClNO2/c1-23(2,3)20-14-19(22(26)27-4)21(17-10-12-18(24)13-11-17)25(20)15-16-8-6-5-7-9-16/h5-14H,15H2,1-4H3. The molecule has 0 N–H and O–H groups in total. The van der Waals surface area contributed by atoms with Crippen molar-refractivity contribution >= 4 is 17.6 Å². The third kappa shape index (κ3) is 4.09. The molecule has 4 heteroatoms. The SMILES string of the molecule is COC(=O)c1cc(C(C)(C)C)n(Cc2ccccc2)c1-c1ccc(Cl)cc1. The Labute approximate surface area is 165 Å². The van der Waals surface area contributed by atoms with E-state index in [9.17, 15) is 4.79 Å². The van der Waals surface area contributed by atoms with Crippen LogP contribution in [0.3, 0.4) is 0 Å². The monoisotopic (exact) mass is 381 g/mol. The zero-order valence-corrected chi connectivity index (χ0v) is 16.9. The van der Waals surface area contributed by atoms with Crippen LogP contribution in [0.2, 0.25) is 5.02 Å². The van der Waals surface area contributed by atoms with Gasteiger partial charge >= 0.3 is 5.97 Å². The molecule has 0 saturated heterocycles. The molecular weight excluding hydrogens is 358 g/mol. The molecule has 0 amide bonds. The molecule has 1 heterocycles. The number of aromatic nitrogens is 1. The van der Waals surface area contributed by atoms with Gasteiger partial charge in [0.05, 0.1) is 18.4 Å². The van der Waals surface area contributed by atoms with E-state index in [0.717, 1.165) is 17.0 Å². The van der Waals surface area contributed by atoms with E-state index in [4.69, 9.17) is 16.3 Å². The molecule has 3 aromatic rings. The number of carbonyl (C=O) groups excluding carboxylic acids is 1. The average Bonchev–Trinajstić information content (AvgIpc) is 3.02. The lowest BCUT2D eigenvalue weighted by Crippen LogP contribution is -2.18. The minimum Gasteiger partial charge on any atom is -0.465 e. The first-order chi connectivity index (χ1) is 12.8. The molecule has 3 rings (SSSR count). The van der Waals surface area contributed by atoms with Crippen LogP contribution in [0, 0.1) is 0 Å². The Kier molecular flexibility index (Phi) is 5.43. The van der Waals surface area contributed by atoms with E-state index in [1.54, 1.807) is 0 Å². The second-order valence-electron chi connectivity index (χ2n) is 7.61. The van der Waals surface area contributed by atoms with E-state index in [1.807, 2.05) is 48.5 Å². The van der Waals surface area contributed by atoms with Crippen LogP contribution in [0.4, 0.5) is 0 Å². The van der Waals surface area contributed by atoms with Gasteiger partial charge in [-0.05, 0) is 29.3 Å². The van der Waals surface area contributed by atoms with Gasteiger partial charge in [-0.25, -0.2) is 4.79 Å². The fourth-order valence-corrected chi connectivity index (χ4v) is 3.41. The Morgan fingerprint density at radius 3 is 2.22 bits per heavy atom. The molecule has 1 aromatic heterocycles. The number of hydrogen-bond acceptors (Lipinski definition) is 2. The molecule has 0 aliphatic heterocycles. The lowest BCUT2D eigenvalue weighted by atomic mass is 9.91. The van der Waals surface area contributed by atoms with Crippen LogP contribution in [-0.4, -0.2) is 17.6 Å². The van der Waals surface area contributed by atoms with Gasteiger partial charge in [-0.1, -0.05) is 74.8 Å². The van der Waals surface area contributed by atoms with Crippen molar-refractivity contribution in [1.29, 1.82) is 0 Å². The molecule has 2 aromatic carbocycles. The van der Waals surface area contributed by atoms with Crippen LogP contribution in [0.25, 0.3) is 11.3 Å². The normalized spacial score (nSPS) is 11.4. The molecule has 3 nitrogen and oxygen atoms in total. The molecule has 0 bridgehead atoms. The number of halogens is 1. The molecular formula is C23H24ClNO2. The predicted molar refractivity (Wildman–Crippen MR) is 110 cm³/mol. The van der Waals surface area contributed by atoms with Gasteiger partial charge in [0.1, 0.15) is 0 Å². The summed E-state index contributed by atoms with van der Waals surface area (Å²) in [6.45, 7) is 7.12. The topological polar surface area (TPSA) is 31.2 Å². The molecule has 0 radical (unpaired) electrons. The van der Waals surface area contributed by atoms with E-state index < -0.39 is 0 Å². The number of rotatable bonds is 4. The van der Waals surface area contributed by atoms with Crippen molar-refractivity contribution in [3.8, 4) is 11.3 Å². The minimum absolute atomic E-state index is 0.137. The Hall–Kier alpha value is -2.52. The highest BCUT2D eigenvalue weighted by Crippen LogP contribution is 2.35. The number of carbonyl (C=O) groups is 1. The summed E-state index contributed by atoms with van der Waals surface area (Å²) in [7, 11) is 1.42. The van der Waals surface area contributed by atoms with Crippen molar-refractivity contribution in [2.24, 2.45) is 0 Å². The van der Waals surface area contributed by atoms with Gasteiger partial charge in [0.15, 0.2) is 0 Å². The molecule has 0 unspecified atom stereocenters. The lowest BCUT2D eigenvalue weighted by Gasteiger charge is -2.23. The van der Waals surface area contributed by atoms with E-state index >= 15 is 0 Å². The first-order valence-corrected chi connectivity index (χ1v) is 9.31. The number of methoxy groups -OCH3 is 1. The second kappa shape index (κ2) is 7.61. The van der Waals surface area contributed by atoms with Crippen LogP contribution in [-0.2, 0) is 16.7 Å². The van der Waals surface area contributed by atoms with Gasteiger partial charge in [-0.2, -0.15) is 0 Å².